The molecule has 1 fully saturated rings. The SMILES string of the molecule is CC(C)C(=O)NC1(CNC(=O)OC(C)(C)C)CCCC1. The predicted octanol–water partition coefficient (Wildman–Crippen LogP) is 2.60. The Labute approximate surface area is 121 Å². The lowest BCUT2D eigenvalue weighted by molar-refractivity contribution is -0.125. The molecule has 2 amide bonds. The lowest BCUT2D eigenvalue weighted by Crippen LogP contribution is -2.55. The van der Waals surface area contributed by atoms with E-state index in [-0.39, 0.29) is 17.4 Å². The highest BCUT2D eigenvalue weighted by Gasteiger charge is 2.36. The number of amides is 2. The van der Waals surface area contributed by atoms with Gasteiger partial charge >= 0.3 is 6.09 Å². The first-order valence-corrected chi connectivity index (χ1v) is 7.42. The molecule has 2 N–H and O–H groups in total. The molecule has 0 unspecified atom stereocenters. The number of rotatable bonds is 4. The van der Waals surface area contributed by atoms with Crippen molar-refractivity contribution in [1.82, 2.24) is 10.6 Å². The Morgan fingerprint density at radius 2 is 1.75 bits per heavy atom. The van der Waals surface area contributed by atoms with Crippen LogP contribution in [0.2, 0.25) is 0 Å². The van der Waals surface area contributed by atoms with Crippen LogP contribution in [0.15, 0.2) is 0 Å². The third kappa shape index (κ3) is 5.39. The van der Waals surface area contributed by atoms with Crippen molar-refractivity contribution in [3.05, 3.63) is 0 Å². The first kappa shape index (κ1) is 16.8. The molecule has 1 aliphatic rings. The van der Waals surface area contributed by atoms with E-state index in [9.17, 15) is 9.59 Å². The third-order valence-electron chi connectivity index (χ3n) is 3.44. The minimum atomic E-state index is -0.506. The molecule has 0 heterocycles. The van der Waals surface area contributed by atoms with E-state index >= 15 is 0 Å². The van der Waals surface area contributed by atoms with Gasteiger partial charge in [-0.2, -0.15) is 0 Å². The minimum absolute atomic E-state index is 0.0397. The van der Waals surface area contributed by atoms with E-state index in [2.05, 4.69) is 10.6 Å². The number of carbonyl (C=O) groups excluding carboxylic acids is 2. The molecule has 0 aromatic carbocycles. The van der Waals surface area contributed by atoms with E-state index in [0.717, 1.165) is 25.7 Å². The first-order chi connectivity index (χ1) is 9.14. The number of nitrogens with one attached hydrogen (secondary N) is 2. The molecule has 5 nitrogen and oxygen atoms in total. The standard InChI is InChI=1S/C15H28N2O3/c1-11(2)12(18)17-15(8-6-7-9-15)10-16-13(19)20-14(3,4)5/h11H,6-10H2,1-5H3,(H,16,19)(H,17,18). The van der Waals surface area contributed by atoms with Crippen LogP contribution in [0.25, 0.3) is 0 Å². The molecule has 0 bridgehead atoms. The van der Waals surface area contributed by atoms with Crippen LogP contribution in [-0.4, -0.2) is 29.7 Å². The third-order valence-corrected chi connectivity index (χ3v) is 3.44. The van der Waals surface area contributed by atoms with Gasteiger partial charge in [-0.15, -0.1) is 0 Å². The fourth-order valence-electron chi connectivity index (χ4n) is 2.36. The van der Waals surface area contributed by atoms with Crippen molar-refractivity contribution < 1.29 is 14.3 Å². The second-order valence-corrected chi connectivity index (χ2v) is 6.99. The normalized spacial score (nSPS) is 17.9. The van der Waals surface area contributed by atoms with Crippen LogP contribution >= 0.6 is 0 Å². The molecule has 1 aliphatic carbocycles. The van der Waals surface area contributed by atoms with Crippen molar-refractivity contribution >= 4 is 12.0 Å². The number of hydrogen-bond donors (Lipinski definition) is 2. The van der Waals surface area contributed by atoms with Gasteiger partial charge < -0.3 is 15.4 Å². The molecule has 0 aliphatic heterocycles. The van der Waals surface area contributed by atoms with Crippen molar-refractivity contribution in [2.24, 2.45) is 5.92 Å². The summed E-state index contributed by atoms with van der Waals surface area (Å²) in [5.74, 6) is -0.00751. The molecule has 0 saturated heterocycles. The lowest BCUT2D eigenvalue weighted by atomic mass is 9.96. The molecular weight excluding hydrogens is 256 g/mol. The summed E-state index contributed by atoms with van der Waals surface area (Å²) in [7, 11) is 0. The van der Waals surface area contributed by atoms with E-state index in [1.807, 2.05) is 34.6 Å². The van der Waals surface area contributed by atoms with E-state index in [4.69, 9.17) is 4.74 Å². The predicted molar refractivity (Wildman–Crippen MR) is 78.4 cm³/mol. The zero-order valence-electron chi connectivity index (χ0n) is 13.3. The Balaban J connectivity index is 2.55. The van der Waals surface area contributed by atoms with Crippen LogP contribution in [0.4, 0.5) is 4.79 Å². The summed E-state index contributed by atoms with van der Waals surface area (Å²) < 4.78 is 5.23. The highest BCUT2D eigenvalue weighted by molar-refractivity contribution is 5.79. The molecule has 0 aromatic rings. The summed E-state index contributed by atoms with van der Waals surface area (Å²) in [5, 5.41) is 5.89. The maximum Gasteiger partial charge on any atom is 0.407 e. The van der Waals surface area contributed by atoms with Gasteiger partial charge in [0.1, 0.15) is 5.60 Å². The smallest absolute Gasteiger partial charge is 0.407 e. The summed E-state index contributed by atoms with van der Waals surface area (Å²) >= 11 is 0. The van der Waals surface area contributed by atoms with E-state index in [0.29, 0.717) is 6.54 Å². The molecular formula is C15H28N2O3. The second kappa shape index (κ2) is 6.46. The van der Waals surface area contributed by atoms with Crippen LogP contribution in [0, 0.1) is 5.92 Å². The average Bonchev–Trinajstić information content (AvgIpc) is 2.73. The zero-order chi connectivity index (χ0) is 15.4. The van der Waals surface area contributed by atoms with Gasteiger partial charge in [-0.3, -0.25) is 4.79 Å². The largest absolute Gasteiger partial charge is 0.444 e. The summed E-state index contributed by atoms with van der Waals surface area (Å²) in [5.41, 5.74) is -0.813. The summed E-state index contributed by atoms with van der Waals surface area (Å²) in [6, 6.07) is 0. The number of ether oxygens (including phenoxy) is 1. The van der Waals surface area contributed by atoms with Crippen LogP contribution < -0.4 is 10.6 Å². The molecule has 0 aromatic heterocycles. The second-order valence-electron chi connectivity index (χ2n) is 6.99. The first-order valence-electron chi connectivity index (χ1n) is 7.42. The molecule has 0 radical (unpaired) electrons. The Bertz CT molecular complexity index is 353. The summed E-state index contributed by atoms with van der Waals surface area (Å²) in [6.45, 7) is 9.67. The van der Waals surface area contributed by atoms with E-state index in [1.54, 1.807) is 0 Å². The van der Waals surface area contributed by atoms with Crippen LogP contribution in [-0.2, 0) is 9.53 Å². The van der Waals surface area contributed by atoms with Crippen LogP contribution in [0.5, 0.6) is 0 Å². The summed E-state index contributed by atoms with van der Waals surface area (Å²) in [4.78, 5) is 23.7. The quantitative estimate of drug-likeness (QED) is 0.834. The van der Waals surface area contributed by atoms with E-state index in [1.165, 1.54) is 0 Å². The maximum atomic E-state index is 11.9. The monoisotopic (exact) mass is 284 g/mol. The van der Waals surface area contributed by atoms with Gasteiger partial charge in [0, 0.05) is 12.5 Å². The zero-order valence-corrected chi connectivity index (χ0v) is 13.3. The lowest BCUT2D eigenvalue weighted by Gasteiger charge is -2.32. The number of carbonyl (C=O) groups is 2. The molecule has 116 valence electrons. The number of hydrogen-bond acceptors (Lipinski definition) is 3. The Kier molecular flexibility index (Phi) is 5.42. The molecule has 0 atom stereocenters. The van der Waals surface area contributed by atoms with Crippen LogP contribution in [0.1, 0.15) is 60.3 Å². The Morgan fingerprint density at radius 1 is 1.20 bits per heavy atom. The number of alkyl carbamates (subject to hydrolysis) is 1. The topological polar surface area (TPSA) is 67.4 Å². The van der Waals surface area contributed by atoms with Crippen LogP contribution in [0.3, 0.4) is 0 Å². The fraction of sp³-hybridized carbons (Fsp3) is 0.867. The molecule has 5 heteroatoms. The highest BCUT2D eigenvalue weighted by Crippen LogP contribution is 2.29. The summed E-state index contributed by atoms with van der Waals surface area (Å²) in [6.07, 6.45) is 3.54. The molecule has 0 spiro atoms. The van der Waals surface area contributed by atoms with Crippen molar-refractivity contribution in [3.63, 3.8) is 0 Å². The van der Waals surface area contributed by atoms with Gasteiger partial charge in [0.05, 0.1) is 5.54 Å². The van der Waals surface area contributed by atoms with Gasteiger partial charge in [0.25, 0.3) is 0 Å². The fourth-order valence-corrected chi connectivity index (χ4v) is 2.36. The van der Waals surface area contributed by atoms with Crippen molar-refractivity contribution in [1.29, 1.82) is 0 Å². The van der Waals surface area contributed by atoms with E-state index < -0.39 is 11.7 Å². The highest BCUT2D eigenvalue weighted by atomic mass is 16.6. The average molecular weight is 284 g/mol. The maximum absolute atomic E-state index is 11.9. The Morgan fingerprint density at radius 3 is 2.20 bits per heavy atom. The van der Waals surface area contributed by atoms with Gasteiger partial charge in [-0.25, -0.2) is 4.79 Å². The van der Waals surface area contributed by atoms with Gasteiger partial charge in [0.2, 0.25) is 5.91 Å². The van der Waals surface area contributed by atoms with Gasteiger partial charge in [0.15, 0.2) is 0 Å². The van der Waals surface area contributed by atoms with Crippen molar-refractivity contribution in [2.45, 2.75) is 71.4 Å². The Hall–Kier alpha value is -1.26. The van der Waals surface area contributed by atoms with Gasteiger partial charge in [-0.1, -0.05) is 26.7 Å². The molecule has 1 saturated carbocycles. The molecule has 1 rings (SSSR count). The van der Waals surface area contributed by atoms with Gasteiger partial charge in [-0.05, 0) is 33.6 Å². The van der Waals surface area contributed by atoms with Crippen molar-refractivity contribution in [3.8, 4) is 0 Å². The van der Waals surface area contributed by atoms with Crippen molar-refractivity contribution in [2.75, 3.05) is 6.54 Å². The molecule has 20 heavy (non-hydrogen) atoms. The minimum Gasteiger partial charge on any atom is -0.444 e.